The van der Waals surface area contributed by atoms with Gasteiger partial charge in [0.25, 0.3) is 5.91 Å². The number of carbonyl (C=O) groups excluding carboxylic acids is 3. The maximum absolute atomic E-state index is 13.6. The Bertz CT molecular complexity index is 1650. The van der Waals surface area contributed by atoms with Gasteiger partial charge in [-0.25, -0.2) is 4.79 Å². The van der Waals surface area contributed by atoms with Crippen LogP contribution in [0.2, 0.25) is 0 Å². The Labute approximate surface area is 263 Å². The smallest absolute Gasteiger partial charge is 0.352 e. The minimum Gasteiger partial charge on any atom is -0.477 e. The number of nitrogens with zero attached hydrogens (tertiary/aromatic N) is 3. The molecule has 2 aromatic carbocycles. The molecule has 0 spiro atoms. The Morgan fingerprint density at radius 3 is 2.27 bits per heavy atom. The number of ketones is 1. The first-order valence-electron chi connectivity index (χ1n) is 16.3. The number of carboxylic acid groups (broad SMARTS) is 1. The van der Waals surface area contributed by atoms with Gasteiger partial charge in [-0.15, -0.1) is 0 Å². The lowest BCUT2D eigenvalue weighted by Gasteiger charge is -2.55. The third kappa shape index (κ3) is 4.56. The number of fused-ring (bicyclic) bond motifs is 7. The number of nitrogens with one attached hydrogen (secondary N) is 1. The molecule has 0 saturated carbocycles. The van der Waals surface area contributed by atoms with E-state index < -0.39 is 24.0 Å². The highest BCUT2D eigenvalue weighted by atomic mass is 16.4. The zero-order valence-corrected chi connectivity index (χ0v) is 26.2. The van der Waals surface area contributed by atoms with E-state index in [9.17, 15) is 29.4 Å². The summed E-state index contributed by atoms with van der Waals surface area (Å²) < 4.78 is 1.89. The molecule has 0 aromatic heterocycles. The third-order valence-electron chi connectivity index (χ3n) is 11.3. The number of aliphatic hydroxyl groups is 1. The highest BCUT2D eigenvalue weighted by Crippen LogP contribution is 2.51. The predicted octanol–water partition coefficient (Wildman–Crippen LogP) is 2.24. The lowest BCUT2D eigenvalue weighted by molar-refractivity contribution is -1.08. The number of rotatable bonds is 9. The van der Waals surface area contributed by atoms with E-state index in [1.807, 2.05) is 25.1 Å². The highest BCUT2D eigenvalue weighted by Gasteiger charge is 2.60. The first-order chi connectivity index (χ1) is 21.5. The molecule has 5 aliphatic heterocycles. The van der Waals surface area contributed by atoms with Gasteiger partial charge in [-0.05, 0) is 53.8 Å². The number of piperazine rings is 3. The Morgan fingerprint density at radius 2 is 1.62 bits per heavy atom. The van der Waals surface area contributed by atoms with E-state index in [-0.39, 0.29) is 29.2 Å². The number of hydrogen-bond acceptors (Lipinski definition) is 5. The number of quaternary nitrogens is 2. The van der Waals surface area contributed by atoms with Crippen molar-refractivity contribution >= 4 is 29.1 Å². The Balaban J connectivity index is 1.12. The van der Waals surface area contributed by atoms with Gasteiger partial charge in [0, 0.05) is 29.2 Å². The summed E-state index contributed by atoms with van der Waals surface area (Å²) in [7, 11) is 0. The van der Waals surface area contributed by atoms with Crippen molar-refractivity contribution in [3.63, 3.8) is 0 Å². The van der Waals surface area contributed by atoms with Crippen LogP contribution in [0, 0.1) is 11.8 Å². The van der Waals surface area contributed by atoms with Crippen LogP contribution in [0.3, 0.4) is 0 Å². The standard InChI is InChI=1S/C35H40N4O6/c1-4-9-36-28(41)19-39-13-10-38(11-14-39,12-15-39)18-22-5-7-25-26(16-22)24-8-6-23(17-27(24)33(25)42)29-20(2)31-30(21(3)40)34(43)37(31)32(29)35(44)45/h5-8,16-17,20-21,30-31,40H,4,9-15,18-19H2,1-3H3/p+2/t20-,21+,30+,31+,38?,39?/m0/s1. The second kappa shape index (κ2) is 10.6. The van der Waals surface area contributed by atoms with Gasteiger partial charge in [0.15, 0.2) is 12.3 Å². The van der Waals surface area contributed by atoms with Crippen LogP contribution in [0.1, 0.15) is 54.2 Å². The molecule has 2 aromatic rings. The van der Waals surface area contributed by atoms with Gasteiger partial charge in [-0.3, -0.25) is 14.4 Å². The summed E-state index contributed by atoms with van der Waals surface area (Å²) in [6.45, 7) is 13.8. The highest BCUT2D eigenvalue weighted by molar-refractivity contribution is 6.22. The van der Waals surface area contributed by atoms with E-state index in [2.05, 4.69) is 24.4 Å². The lowest BCUT2D eigenvalue weighted by atomic mass is 9.76. The molecule has 8 rings (SSSR count). The van der Waals surface area contributed by atoms with E-state index >= 15 is 0 Å². The first-order valence-corrected chi connectivity index (χ1v) is 16.3. The molecule has 2 bridgehead atoms. The lowest BCUT2D eigenvalue weighted by Crippen LogP contribution is -2.75. The molecule has 4 atom stereocenters. The molecular formula is C35H42N4O6+2. The molecule has 2 amide bonds. The fourth-order valence-electron chi connectivity index (χ4n) is 8.77. The molecule has 4 fully saturated rings. The number of aliphatic hydroxyl groups excluding tert-OH is 1. The summed E-state index contributed by atoms with van der Waals surface area (Å²) in [5.74, 6) is -2.42. The Kier molecular flexibility index (Phi) is 7.03. The minimum atomic E-state index is -1.18. The van der Waals surface area contributed by atoms with Crippen LogP contribution in [0.25, 0.3) is 16.7 Å². The number of β-lactam (4-membered cyclic amide) rings is 1. The Morgan fingerprint density at radius 1 is 0.956 bits per heavy atom. The molecule has 0 radical (unpaired) electrons. The van der Waals surface area contributed by atoms with Crippen LogP contribution in [0.15, 0.2) is 42.1 Å². The van der Waals surface area contributed by atoms with Gasteiger partial charge < -0.3 is 29.4 Å². The van der Waals surface area contributed by atoms with Crippen molar-refractivity contribution in [2.45, 2.75) is 45.9 Å². The molecule has 45 heavy (non-hydrogen) atoms. The molecule has 1 aliphatic carbocycles. The molecule has 10 heteroatoms. The summed E-state index contributed by atoms with van der Waals surface area (Å²) in [6, 6.07) is 11.3. The molecular weight excluding hydrogens is 572 g/mol. The molecule has 5 heterocycles. The molecule has 236 valence electrons. The average Bonchev–Trinajstić information content (AvgIpc) is 3.44. The second-order valence-corrected chi connectivity index (χ2v) is 14.0. The maximum Gasteiger partial charge on any atom is 0.352 e. The quantitative estimate of drug-likeness (QED) is 0.251. The average molecular weight is 615 g/mol. The summed E-state index contributed by atoms with van der Waals surface area (Å²) in [6.07, 6.45) is 0.0686. The van der Waals surface area contributed by atoms with Crippen molar-refractivity contribution in [3.05, 3.63) is 64.3 Å². The van der Waals surface area contributed by atoms with E-state index in [4.69, 9.17) is 0 Å². The van der Waals surface area contributed by atoms with E-state index in [0.717, 1.165) is 78.9 Å². The van der Waals surface area contributed by atoms with Crippen LogP contribution < -0.4 is 5.32 Å². The van der Waals surface area contributed by atoms with E-state index in [1.54, 1.807) is 13.0 Å². The molecule has 3 N–H and O–H groups in total. The monoisotopic (exact) mass is 614 g/mol. The number of amides is 2. The maximum atomic E-state index is 13.6. The van der Waals surface area contributed by atoms with Gasteiger partial charge in [-0.2, -0.15) is 0 Å². The van der Waals surface area contributed by atoms with Crippen LogP contribution in [0.4, 0.5) is 0 Å². The van der Waals surface area contributed by atoms with Gasteiger partial charge in [-0.1, -0.05) is 32.0 Å². The van der Waals surface area contributed by atoms with Gasteiger partial charge >= 0.3 is 5.97 Å². The van der Waals surface area contributed by atoms with E-state index in [0.29, 0.717) is 28.8 Å². The van der Waals surface area contributed by atoms with E-state index in [1.165, 1.54) is 10.5 Å². The van der Waals surface area contributed by atoms with Crippen LogP contribution in [-0.4, -0.2) is 112 Å². The third-order valence-corrected chi connectivity index (χ3v) is 11.3. The molecule has 0 unspecified atom stereocenters. The fraction of sp³-hybridized carbons (Fsp3) is 0.486. The zero-order valence-electron chi connectivity index (χ0n) is 26.2. The van der Waals surface area contributed by atoms with Crippen molar-refractivity contribution in [2.24, 2.45) is 11.8 Å². The van der Waals surface area contributed by atoms with Crippen molar-refractivity contribution in [3.8, 4) is 11.1 Å². The molecule has 4 saturated heterocycles. The number of benzene rings is 2. The molecule has 10 nitrogen and oxygen atoms in total. The second-order valence-electron chi connectivity index (χ2n) is 14.0. The van der Waals surface area contributed by atoms with Gasteiger partial charge in [0.1, 0.15) is 51.5 Å². The van der Waals surface area contributed by atoms with Crippen LogP contribution in [0.5, 0.6) is 0 Å². The van der Waals surface area contributed by atoms with Crippen molar-refractivity contribution < 1.29 is 38.4 Å². The normalized spacial score (nSPS) is 30.1. The number of carbonyl (C=O) groups is 4. The summed E-state index contributed by atoms with van der Waals surface area (Å²) in [5.41, 5.74) is 5.23. The zero-order chi connectivity index (χ0) is 31.8. The summed E-state index contributed by atoms with van der Waals surface area (Å²) in [4.78, 5) is 52.6. The topological polar surface area (TPSA) is 124 Å². The largest absolute Gasteiger partial charge is 0.477 e. The van der Waals surface area contributed by atoms with Crippen LogP contribution >= 0.6 is 0 Å². The summed E-state index contributed by atoms with van der Waals surface area (Å²) >= 11 is 0. The molecule has 6 aliphatic rings. The SMILES string of the molecule is CCCNC(=O)C[N+]12CC[N+](Cc3ccc4c(c3)-c3ccc(C5=C(C(=O)O)N6C(=O)[C@H]([C@@H](C)O)[C@H]6[C@H]5C)cc3C4=O)(CC1)CC2. The van der Waals surface area contributed by atoms with Crippen molar-refractivity contribution in [2.75, 3.05) is 52.4 Å². The fourth-order valence-corrected chi connectivity index (χ4v) is 8.77. The number of hydrogen-bond donors (Lipinski definition) is 3. The van der Waals surface area contributed by atoms with Crippen molar-refractivity contribution in [1.82, 2.24) is 10.2 Å². The number of carboxylic acids is 1. The minimum absolute atomic E-state index is 0.0548. The van der Waals surface area contributed by atoms with Gasteiger partial charge in [0.05, 0.1) is 18.1 Å². The predicted molar refractivity (Wildman–Crippen MR) is 166 cm³/mol. The van der Waals surface area contributed by atoms with Gasteiger partial charge in [0.2, 0.25) is 5.91 Å². The van der Waals surface area contributed by atoms with Crippen LogP contribution in [-0.2, 0) is 20.9 Å². The number of aliphatic carboxylic acids is 1. The van der Waals surface area contributed by atoms with Crippen molar-refractivity contribution in [1.29, 1.82) is 0 Å². The first kappa shape index (κ1) is 29.8. The Hall–Kier alpha value is -3.86. The summed E-state index contributed by atoms with van der Waals surface area (Å²) in [5, 5.41) is 23.4.